The average Bonchev–Trinajstić information content (AvgIpc) is 2.58. The van der Waals surface area contributed by atoms with Crippen molar-refractivity contribution in [2.45, 2.75) is 0 Å². The molecule has 0 bridgehead atoms. The number of hydrogen-bond donors (Lipinski definition) is 3. The minimum Gasteiger partial charge on any atom is -0.396 e. The molecule has 4 nitrogen and oxygen atoms in total. The van der Waals surface area contributed by atoms with Crippen molar-refractivity contribution >= 4 is 34.8 Å². The van der Waals surface area contributed by atoms with Crippen LogP contribution in [0.5, 0.6) is 0 Å². The third-order valence-electron chi connectivity index (χ3n) is 3.36. The van der Waals surface area contributed by atoms with E-state index in [1.165, 1.54) is 6.07 Å². The zero-order chi connectivity index (χ0) is 16.7. The summed E-state index contributed by atoms with van der Waals surface area (Å²) in [6.45, 7) is 0.888. The lowest BCUT2D eigenvalue weighted by Crippen LogP contribution is -2.34. The molecule has 2 rings (SSSR count). The predicted octanol–water partition coefficient (Wildman–Crippen LogP) is 3.44. The molecule has 0 saturated carbocycles. The number of aliphatic hydroxyl groups is 1. The van der Waals surface area contributed by atoms with Crippen molar-refractivity contribution in [1.82, 2.24) is 5.32 Å². The quantitative estimate of drug-likeness (QED) is 0.715. The SMILES string of the molecule is O=C(NCC(CO)CNc1ccccc1)c1ccc(Cl)c(Cl)c1. The van der Waals surface area contributed by atoms with Gasteiger partial charge in [-0.05, 0) is 30.3 Å². The number of para-hydroxylation sites is 1. The van der Waals surface area contributed by atoms with Gasteiger partial charge < -0.3 is 15.7 Å². The summed E-state index contributed by atoms with van der Waals surface area (Å²) in [4.78, 5) is 12.1. The third-order valence-corrected chi connectivity index (χ3v) is 4.10. The molecule has 2 aromatic rings. The Morgan fingerprint density at radius 3 is 2.43 bits per heavy atom. The Morgan fingerprint density at radius 1 is 1.04 bits per heavy atom. The van der Waals surface area contributed by atoms with E-state index >= 15 is 0 Å². The molecule has 0 saturated heterocycles. The molecule has 1 unspecified atom stereocenters. The molecule has 0 spiro atoms. The zero-order valence-corrected chi connectivity index (χ0v) is 13.9. The van der Waals surface area contributed by atoms with Crippen molar-refractivity contribution in [2.24, 2.45) is 5.92 Å². The Labute approximate surface area is 145 Å². The summed E-state index contributed by atoms with van der Waals surface area (Å²) in [7, 11) is 0. The molecule has 1 atom stereocenters. The molecule has 122 valence electrons. The zero-order valence-electron chi connectivity index (χ0n) is 12.4. The van der Waals surface area contributed by atoms with E-state index in [0.29, 0.717) is 28.7 Å². The average molecular weight is 353 g/mol. The van der Waals surface area contributed by atoms with Gasteiger partial charge in [-0.15, -0.1) is 0 Å². The van der Waals surface area contributed by atoms with Crippen molar-refractivity contribution in [3.05, 3.63) is 64.1 Å². The van der Waals surface area contributed by atoms with Crippen molar-refractivity contribution in [1.29, 1.82) is 0 Å². The van der Waals surface area contributed by atoms with E-state index in [9.17, 15) is 9.90 Å². The molecule has 0 aliphatic heterocycles. The number of halogens is 2. The molecule has 0 aliphatic rings. The van der Waals surface area contributed by atoms with Crippen LogP contribution in [0.2, 0.25) is 10.0 Å². The number of hydrogen-bond acceptors (Lipinski definition) is 3. The molecule has 0 heterocycles. The number of amides is 1. The van der Waals surface area contributed by atoms with Crippen LogP contribution >= 0.6 is 23.2 Å². The van der Waals surface area contributed by atoms with E-state index in [1.807, 2.05) is 30.3 Å². The van der Waals surface area contributed by atoms with E-state index in [0.717, 1.165) is 5.69 Å². The number of carbonyl (C=O) groups is 1. The summed E-state index contributed by atoms with van der Waals surface area (Å²) in [5.41, 5.74) is 1.41. The second-order valence-electron chi connectivity index (χ2n) is 5.13. The van der Waals surface area contributed by atoms with Gasteiger partial charge in [-0.2, -0.15) is 0 Å². The maximum absolute atomic E-state index is 12.1. The lowest BCUT2D eigenvalue weighted by molar-refractivity contribution is 0.0941. The van der Waals surface area contributed by atoms with Crippen LogP contribution in [-0.2, 0) is 0 Å². The first-order valence-electron chi connectivity index (χ1n) is 7.23. The van der Waals surface area contributed by atoms with Crippen LogP contribution in [0, 0.1) is 5.92 Å². The summed E-state index contributed by atoms with van der Waals surface area (Å²) in [6.07, 6.45) is 0. The van der Waals surface area contributed by atoms with Crippen LogP contribution in [0.1, 0.15) is 10.4 Å². The largest absolute Gasteiger partial charge is 0.396 e. The number of aliphatic hydroxyl groups excluding tert-OH is 1. The van der Waals surface area contributed by atoms with Crippen molar-refractivity contribution in [3.63, 3.8) is 0 Å². The fourth-order valence-electron chi connectivity index (χ4n) is 2.00. The molecule has 0 fully saturated rings. The lowest BCUT2D eigenvalue weighted by atomic mass is 10.1. The van der Waals surface area contributed by atoms with E-state index in [2.05, 4.69) is 10.6 Å². The maximum atomic E-state index is 12.1. The highest BCUT2D eigenvalue weighted by molar-refractivity contribution is 6.42. The minimum atomic E-state index is -0.248. The molecule has 1 amide bonds. The Hall–Kier alpha value is -1.75. The van der Waals surface area contributed by atoms with Crippen LogP contribution < -0.4 is 10.6 Å². The van der Waals surface area contributed by atoms with Gasteiger partial charge in [0.1, 0.15) is 0 Å². The molecular formula is C17H18Cl2N2O2. The Balaban J connectivity index is 1.84. The number of rotatable bonds is 7. The summed E-state index contributed by atoms with van der Waals surface area (Å²) in [5, 5.41) is 16.2. The van der Waals surface area contributed by atoms with Gasteiger partial charge in [0.25, 0.3) is 5.91 Å². The fourth-order valence-corrected chi connectivity index (χ4v) is 2.29. The van der Waals surface area contributed by atoms with E-state index in [-0.39, 0.29) is 18.4 Å². The number of anilines is 1. The monoisotopic (exact) mass is 352 g/mol. The minimum absolute atomic E-state index is 0.0263. The highest BCUT2D eigenvalue weighted by atomic mass is 35.5. The van der Waals surface area contributed by atoms with Gasteiger partial charge in [0, 0.05) is 36.9 Å². The van der Waals surface area contributed by atoms with E-state index in [1.54, 1.807) is 12.1 Å². The number of benzene rings is 2. The second-order valence-corrected chi connectivity index (χ2v) is 5.95. The van der Waals surface area contributed by atoms with Gasteiger partial charge in [-0.25, -0.2) is 0 Å². The lowest BCUT2D eigenvalue weighted by Gasteiger charge is -2.16. The number of nitrogens with one attached hydrogen (secondary N) is 2. The summed E-state index contributed by atoms with van der Waals surface area (Å²) in [6, 6.07) is 14.4. The predicted molar refractivity (Wildman–Crippen MR) is 94.3 cm³/mol. The van der Waals surface area contributed by atoms with Crippen LogP contribution in [0.3, 0.4) is 0 Å². The highest BCUT2D eigenvalue weighted by Crippen LogP contribution is 2.22. The summed E-state index contributed by atoms with van der Waals surface area (Å²) >= 11 is 11.7. The van der Waals surface area contributed by atoms with Crippen LogP contribution in [0.15, 0.2) is 48.5 Å². The molecule has 0 aliphatic carbocycles. The Bertz CT molecular complexity index is 650. The molecule has 6 heteroatoms. The van der Waals surface area contributed by atoms with Gasteiger partial charge in [0.2, 0.25) is 0 Å². The molecule has 3 N–H and O–H groups in total. The normalized spacial score (nSPS) is 11.8. The first kappa shape index (κ1) is 17.6. The number of carbonyl (C=O) groups excluding carboxylic acids is 1. The molecule has 0 radical (unpaired) electrons. The highest BCUT2D eigenvalue weighted by Gasteiger charge is 2.12. The van der Waals surface area contributed by atoms with Crippen LogP contribution in [-0.4, -0.2) is 30.7 Å². The first-order chi connectivity index (χ1) is 11.1. The van der Waals surface area contributed by atoms with E-state index < -0.39 is 0 Å². The van der Waals surface area contributed by atoms with Gasteiger partial charge in [0.15, 0.2) is 0 Å². The van der Waals surface area contributed by atoms with Gasteiger partial charge in [-0.1, -0.05) is 41.4 Å². The van der Waals surface area contributed by atoms with Crippen LogP contribution in [0.25, 0.3) is 0 Å². The van der Waals surface area contributed by atoms with Gasteiger partial charge >= 0.3 is 0 Å². The smallest absolute Gasteiger partial charge is 0.251 e. The van der Waals surface area contributed by atoms with E-state index in [4.69, 9.17) is 23.2 Å². The van der Waals surface area contributed by atoms with Gasteiger partial charge in [-0.3, -0.25) is 4.79 Å². The maximum Gasteiger partial charge on any atom is 0.251 e. The van der Waals surface area contributed by atoms with Crippen molar-refractivity contribution in [2.75, 3.05) is 25.0 Å². The fraction of sp³-hybridized carbons (Fsp3) is 0.235. The topological polar surface area (TPSA) is 61.4 Å². The summed E-state index contributed by atoms with van der Waals surface area (Å²) in [5.74, 6) is -0.344. The Kier molecular flexibility index (Phi) is 6.71. The molecular weight excluding hydrogens is 335 g/mol. The molecule has 2 aromatic carbocycles. The Morgan fingerprint density at radius 2 is 1.78 bits per heavy atom. The van der Waals surface area contributed by atoms with Crippen molar-refractivity contribution < 1.29 is 9.90 Å². The van der Waals surface area contributed by atoms with Crippen molar-refractivity contribution in [3.8, 4) is 0 Å². The summed E-state index contributed by atoms with van der Waals surface area (Å²) < 4.78 is 0. The first-order valence-corrected chi connectivity index (χ1v) is 7.98. The van der Waals surface area contributed by atoms with Gasteiger partial charge in [0.05, 0.1) is 10.0 Å². The molecule has 0 aromatic heterocycles. The van der Waals surface area contributed by atoms with Crippen LogP contribution in [0.4, 0.5) is 5.69 Å². The standard InChI is InChI=1S/C17H18Cl2N2O2/c18-15-7-6-13(8-16(15)19)17(23)21-10-12(11-22)9-20-14-4-2-1-3-5-14/h1-8,12,20,22H,9-11H2,(H,21,23). The second kappa shape index (κ2) is 8.77. The molecule has 23 heavy (non-hydrogen) atoms. The third kappa shape index (κ3) is 5.43.